The van der Waals surface area contributed by atoms with Gasteiger partial charge in [-0.25, -0.2) is 8.42 Å². The molecule has 0 aromatic rings. The fourth-order valence-electron chi connectivity index (χ4n) is 2.43. The summed E-state index contributed by atoms with van der Waals surface area (Å²) in [4.78, 5) is 0. The molecular weight excluding hydrogens is 238 g/mol. The fourth-order valence-corrected chi connectivity index (χ4v) is 4.35. The molecule has 4 nitrogen and oxygen atoms in total. The number of hydrogen-bond acceptors (Lipinski definition) is 4. The summed E-state index contributed by atoms with van der Waals surface area (Å²) < 4.78 is 28.1. The highest BCUT2D eigenvalue weighted by Crippen LogP contribution is 2.27. The highest BCUT2D eigenvalue weighted by molar-refractivity contribution is 7.91. The summed E-state index contributed by atoms with van der Waals surface area (Å²) in [5, 5.41) is 3.40. The zero-order chi connectivity index (χ0) is 12.7. The van der Waals surface area contributed by atoms with E-state index in [4.69, 9.17) is 4.74 Å². The van der Waals surface area contributed by atoms with Gasteiger partial charge in [-0.1, -0.05) is 6.92 Å². The summed E-state index contributed by atoms with van der Waals surface area (Å²) >= 11 is 0. The van der Waals surface area contributed by atoms with Gasteiger partial charge in [0.1, 0.15) is 0 Å². The third kappa shape index (κ3) is 5.36. The van der Waals surface area contributed by atoms with E-state index in [1.807, 2.05) is 0 Å². The number of rotatable bonds is 8. The molecule has 0 aliphatic carbocycles. The van der Waals surface area contributed by atoms with Crippen LogP contribution in [0.15, 0.2) is 0 Å². The van der Waals surface area contributed by atoms with Gasteiger partial charge in [0.05, 0.1) is 11.5 Å². The van der Waals surface area contributed by atoms with Gasteiger partial charge in [-0.05, 0) is 44.2 Å². The van der Waals surface area contributed by atoms with Gasteiger partial charge < -0.3 is 10.1 Å². The Kier molecular flexibility index (Phi) is 6.44. The van der Waals surface area contributed by atoms with Crippen molar-refractivity contribution in [1.82, 2.24) is 5.32 Å². The van der Waals surface area contributed by atoms with E-state index in [0.29, 0.717) is 23.3 Å². The maximum absolute atomic E-state index is 11.5. The third-order valence-corrected chi connectivity index (χ3v) is 5.25. The molecule has 1 fully saturated rings. The molecule has 1 saturated heterocycles. The predicted octanol–water partition coefficient (Wildman–Crippen LogP) is 1.07. The van der Waals surface area contributed by atoms with Crippen molar-refractivity contribution in [2.75, 3.05) is 38.3 Å². The molecule has 0 spiro atoms. The zero-order valence-corrected chi connectivity index (χ0v) is 11.8. The van der Waals surface area contributed by atoms with E-state index in [1.54, 1.807) is 7.11 Å². The Hall–Kier alpha value is -0.130. The quantitative estimate of drug-likeness (QED) is 0.666. The maximum Gasteiger partial charge on any atom is 0.150 e. The number of hydrogen-bond donors (Lipinski definition) is 1. The molecule has 0 aromatic heterocycles. The standard InChI is InChI=1S/C12H25NO3S/c1-3-6-13-9-11(4-7-16-2)12-5-8-17(14,15)10-12/h11-13H,3-10H2,1-2H3. The monoisotopic (exact) mass is 263 g/mol. The van der Waals surface area contributed by atoms with Crippen molar-refractivity contribution in [2.24, 2.45) is 11.8 Å². The molecule has 1 rings (SSSR count). The van der Waals surface area contributed by atoms with Crippen molar-refractivity contribution in [3.8, 4) is 0 Å². The molecule has 17 heavy (non-hydrogen) atoms. The molecule has 1 heterocycles. The maximum atomic E-state index is 11.5. The van der Waals surface area contributed by atoms with Gasteiger partial charge in [0.25, 0.3) is 0 Å². The van der Waals surface area contributed by atoms with E-state index >= 15 is 0 Å². The second kappa shape index (κ2) is 7.34. The average molecular weight is 263 g/mol. The normalized spacial score (nSPS) is 24.9. The first kappa shape index (κ1) is 14.9. The minimum atomic E-state index is -2.76. The molecule has 1 aliphatic heterocycles. The van der Waals surface area contributed by atoms with Crippen LogP contribution in [0, 0.1) is 11.8 Å². The second-order valence-corrected chi connectivity index (χ2v) is 7.14. The van der Waals surface area contributed by atoms with Crippen molar-refractivity contribution in [1.29, 1.82) is 0 Å². The Labute approximate surface area is 105 Å². The van der Waals surface area contributed by atoms with Gasteiger partial charge in [-0.2, -0.15) is 0 Å². The molecule has 2 unspecified atom stereocenters. The molecule has 2 atom stereocenters. The third-order valence-electron chi connectivity index (χ3n) is 3.46. The Balaban J connectivity index is 2.44. The van der Waals surface area contributed by atoms with E-state index in [2.05, 4.69) is 12.2 Å². The number of ether oxygens (including phenoxy) is 1. The number of methoxy groups -OCH3 is 1. The Morgan fingerprint density at radius 2 is 2.24 bits per heavy atom. The van der Waals surface area contributed by atoms with Crippen LogP contribution in [0.1, 0.15) is 26.2 Å². The molecule has 102 valence electrons. The molecule has 0 bridgehead atoms. The van der Waals surface area contributed by atoms with Crippen LogP contribution >= 0.6 is 0 Å². The largest absolute Gasteiger partial charge is 0.385 e. The summed E-state index contributed by atoms with van der Waals surface area (Å²) in [5.41, 5.74) is 0. The Morgan fingerprint density at radius 3 is 2.76 bits per heavy atom. The lowest BCUT2D eigenvalue weighted by Gasteiger charge is -2.22. The van der Waals surface area contributed by atoms with Crippen LogP contribution in [0.3, 0.4) is 0 Å². The molecule has 1 aliphatic rings. The van der Waals surface area contributed by atoms with Crippen molar-refractivity contribution in [3.63, 3.8) is 0 Å². The van der Waals surface area contributed by atoms with Crippen LogP contribution in [0.25, 0.3) is 0 Å². The van der Waals surface area contributed by atoms with Gasteiger partial charge in [0.2, 0.25) is 0 Å². The molecule has 0 saturated carbocycles. The molecule has 0 aromatic carbocycles. The average Bonchev–Trinajstić information content (AvgIpc) is 2.64. The topological polar surface area (TPSA) is 55.4 Å². The van der Waals surface area contributed by atoms with Crippen LogP contribution in [0.5, 0.6) is 0 Å². The summed E-state index contributed by atoms with van der Waals surface area (Å²) in [6.07, 6.45) is 2.89. The fraction of sp³-hybridized carbons (Fsp3) is 1.00. The lowest BCUT2D eigenvalue weighted by molar-refractivity contribution is 0.162. The van der Waals surface area contributed by atoms with Crippen molar-refractivity contribution in [3.05, 3.63) is 0 Å². The van der Waals surface area contributed by atoms with Crippen LogP contribution in [-0.2, 0) is 14.6 Å². The van der Waals surface area contributed by atoms with Gasteiger partial charge in [-0.3, -0.25) is 0 Å². The van der Waals surface area contributed by atoms with Gasteiger partial charge in [0, 0.05) is 13.7 Å². The van der Waals surface area contributed by atoms with Crippen LogP contribution < -0.4 is 5.32 Å². The first-order chi connectivity index (χ1) is 8.09. The predicted molar refractivity (Wildman–Crippen MR) is 69.9 cm³/mol. The first-order valence-corrected chi connectivity index (χ1v) is 8.31. The summed E-state index contributed by atoms with van der Waals surface area (Å²) in [6.45, 7) is 4.77. The van der Waals surface area contributed by atoms with Crippen molar-refractivity contribution in [2.45, 2.75) is 26.2 Å². The SMILES string of the molecule is CCCNCC(CCOC)C1CCS(=O)(=O)C1. The number of sulfone groups is 1. The van der Waals surface area contributed by atoms with Crippen LogP contribution in [0.4, 0.5) is 0 Å². The Morgan fingerprint density at radius 1 is 1.47 bits per heavy atom. The highest BCUT2D eigenvalue weighted by atomic mass is 32.2. The first-order valence-electron chi connectivity index (χ1n) is 6.49. The van der Waals surface area contributed by atoms with Gasteiger partial charge in [0.15, 0.2) is 9.84 Å². The van der Waals surface area contributed by atoms with E-state index in [9.17, 15) is 8.42 Å². The molecule has 0 amide bonds. The lowest BCUT2D eigenvalue weighted by Crippen LogP contribution is -2.30. The lowest BCUT2D eigenvalue weighted by atomic mass is 9.89. The molecule has 0 radical (unpaired) electrons. The zero-order valence-electron chi connectivity index (χ0n) is 10.9. The molecular formula is C12H25NO3S. The van der Waals surface area contributed by atoms with Crippen LogP contribution in [-0.4, -0.2) is 46.7 Å². The summed E-state index contributed by atoms with van der Waals surface area (Å²) in [7, 11) is -1.07. The highest BCUT2D eigenvalue weighted by Gasteiger charge is 2.33. The molecule has 5 heteroatoms. The van der Waals surface area contributed by atoms with Crippen LogP contribution in [0.2, 0.25) is 0 Å². The molecule has 1 N–H and O–H groups in total. The van der Waals surface area contributed by atoms with E-state index < -0.39 is 9.84 Å². The van der Waals surface area contributed by atoms with E-state index in [-0.39, 0.29) is 0 Å². The van der Waals surface area contributed by atoms with Crippen molar-refractivity contribution < 1.29 is 13.2 Å². The second-order valence-electron chi connectivity index (χ2n) is 4.91. The van der Waals surface area contributed by atoms with Gasteiger partial charge >= 0.3 is 0 Å². The van der Waals surface area contributed by atoms with Crippen molar-refractivity contribution >= 4 is 9.84 Å². The minimum Gasteiger partial charge on any atom is -0.385 e. The van der Waals surface area contributed by atoms with E-state index in [0.717, 1.165) is 39.0 Å². The Bertz CT molecular complexity index is 303. The minimum absolute atomic E-state index is 0.319. The summed E-state index contributed by atoms with van der Waals surface area (Å²) in [5.74, 6) is 1.49. The smallest absolute Gasteiger partial charge is 0.150 e. The van der Waals surface area contributed by atoms with E-state index in [1.165, 1.54) is 0 Å². The van der Waals surface area contributed by atoms with Gasteiger partial charge in [-0.15, -0.1) is 0 Å². The number of nitrogens with one attached hydrogen (secondary N) is 1. The summed E-state index contributed by atoms with van der Waals surface area (Å²) in [6, 6.07) is 0.